The molecule has 0 radical (unpaired) electrons. The van der Waals surface area contributed by atoms with Crippen molar-refractivity contribution in [1.29, 1.82) is 0 Å². The number of methoxy groups -OCH3 is 2. The van der Waals surface area contributed by atoms with Gasteiger partial charge in [-0.1, -0.05) is 142 Å². The van der Waals surface area contributed by atoms with E-state index in [1.807, 2.05) is 12.1 Å². The van der Waals surface area contributed by atoms with E-state index in [2.05, 4.69) is 13.8 Å². The van der Waals surface area contributed by atoms with E-state index in [0.29, 0.717) is 58.7 Å². The number of hydrogen-bond donors (Lipinski definition) is 2. The standard InChI is InChI=1S/C46H68N2O6.2O.U/c1-5-7-9-11-13-15-17-19-21-23-31-53-43-33-39(47-35-37-27-25-29-41(51-3)45(37)49)40(48-36-38-28-26-30-42(52-4)46(38)50)34-44(43)54-32-24-22-20-18-16-14-12-10-8-6-2;;;/h25-30,33-36,49-50H,5-24,31-32H2,1-4H3;;;. The van der Waals surface area contributed by atoms with Crippen molar-refractivity contribution >= 4 is 23.8 Å². The van der Waals surface area contributed by atoms with E-state index in [-0.39, 0.29) is 11.5 Å². The molecule has 57 heavy (non-hydrogen) atoms. The molecule has 314 valence electrons. The van der Waals surface area contributed by atoms with Crippen molar-refractivity contribution in [2.75, 3.05) is 27.4 Å². The molecule has 0 aliphatic heterocycles. The SMILES string of the molecule is CCCCCCCCCCCCOc1cc(N=Cc2cccc(OC)c2O)c(N=Cc2cccc(OC)c2O)cc1OCCCCCCCCCCCC.[O]=[U]=[O]. The molecular weight excluding hydrogens is 947 g/mol. The first-order valence-corrected chi connectivity index (χ1v) is 24.6. The Labute approximate surface area is 357 Å². The van der Waals surface area contributed by atoms with E-state index in [9.17, 15) is 10.2 Å². The van der Waals surface area contributed by atoms with Crippen LogP contribution >= 0.6 is 0 Å². The Morgan fingerprint density at radius 2 is 0.825 bits per heavy atom. The van der Waals surface area contributed by atoms with Gasteiger partial charge in [0.15, 0.2) is 34.5 Å². The molecule has 3 rings (SSSR count). The molecule has 0 aliphatic rings. The summed E-state index contributed by atoms with van der Waals surface area (Å²) in [7, 11) is 3.03. The Kier molecular flexibility index (Phi) is 28.2. The molecule has 0 fully saturated rings. The Morgan fingerprint density at radius 1 is 0.509 bits per heavy atom. The number of nitrogens with zero attached hydrogens (tertiary/aromatic N) is 2. The summed E-state index contributed by atoms with van der Waals surface area (Å²) in [6.07, 6.45) is 28.2. The maximum absolute atomic E-state index is 10.7. The summed E-state index contributed by atoms with van der Waals surface area (Å²) in [5.41, 5.74) is 2.06. The Balaban J connectivity index is 0.00000362. The average Bonchev–Trinajstić information content (AvgIpc) is 3.22. The van der Waals surface area contributed by atoms with Crippen LogP contribution in [-0.4, -0.2) is 50.1 Å². The third-order valence-electron chi connectivity index (χ3n) is 9.74. The van der Waals surface area contributed by atoms with Crippen molar-refractivity contribution in [1.82, 2.24) is 0 Å². The fourth-order valence-electron chi connectivity index (χ4n) is 6.41. The van der Waals surface area contributed by atoms with Crippen LogP contribution in [-0.2, 0) is 4.47 Å². The van der Waals surface area contributed by atoms with Gasteiger partial charge in [0.2, 0.25) is 0 Å². The zero-order valence-electron chi connectivity index (χ0n) is 35.1. The van der Waals surface area contributed by atoms with Crippen LogP contribution < -0.4 is 18.9 Å². The first kappa shape index (κ1) is 49.6. The van der Waals surface area contributed by atoms with E-state index >= 15 is 0 Å². The number of rotatable bonds is 30. The number of unbranched alkanes of at least 4 members (excludes halogenated alkanes) is 18. The van der Waals surface area contributed by atoms with Crippen molar-refractivity contribution in [3.63, 3.8) is 0 Å². The second-order valence-corrected chi connectivity index (χ2v) is 14.9. The molecule has 0 spiro atoms. The second kappa shape index (κ2) is 32.4. The molecule has 0 bridgehead atoms. The van der Waals surface area contributed by atoms with E-state index in [0.717, 1.165) is 25.7 Å². The number of phenols is 2. The first-order chi connectivity index (χ1) is 27.9. The van der Waals surface area contributed by atoms with Crippen LogP contribution in [0.4, 0.5) is 11.4 Å². The van der Waals surface area contributed by atoms with Gasteiger partial charge in [0.25, 0.3) is 0 Å². The van der Waals surface area contributed by atoms with Crippen molar-refractivity contribution < 1.29 is 61.5 Å². The van der Waals surface area contributed by atoms with Gasteiger partial charge in [-0.25, -0.2) is 0 Å². The molecule has 3 aromatic rings. The molecule has 3 aromatic carbocycles. The number of ether oxygens (including phenoxy) is 4. The van der Waals surface area contributed by atoms with Crippen LogP contribution in [0.25, 0.3) is 0 Å². The van der Waals surface area contributed by atoms with Crippen LogP contribution in [0, 0.1) is 27.8 Å². The summed E-state index contributed by atoms with van der Waals surface area (Å²) in [4.78, 5) is 9.54. The van der Waals surface area contributed by atoms with Gasteiger partial charge in [-0.05, 0) is 37.1 Å². The Hall–Kier alpha value is -3.55. The number of phenolic OH excluding ortho intramolecular Hbond substituents is 2. The molecule has 11 heteroatoms. The predicted molar refractivity (Wildman–Crippen MR) is 226 cm³/mol. The Bertz CT molecular complexity index is 1510. The molecule has 0 saturated heterocycles. The Morgan fingerprint density at radius 3 is 1.14 bits per heavy atom. The topological polar surface area (TPSA) is 136 Å². The van der Waals surface area contributed by atoms with Crippen LogP contribution in [0.3, 0.4) is 0 Å². The second-order valence-electron chi connectivity index (χ2n) is 14.2. The van der Waals surface area contributed by atoms with Gasteiger partial charge in [-0.15, -0.1) is 0 Å². The molecule has 2 N–H and O–H groups in total. The number of aromatic hydroxyl groups is 2. The van der Waals surface area contributed by atoms with Crippen LogP contribution in [0.2, 0.25) is 0 Å². The van der Waals surface area contributed by atoms with E-state index in [4.69, 9.17) is 33.4 Å². The average molecular weight is 1020 g/mol. The third kappa shape index (κ3) is 20.6. The van der Waals surface area contributed by atoms with E-state index in [1.165, 1.54) is 117 Å². The third-order valence-corrected chi connectivity index (χ3v) is 9.74. The summed E-state index contributed by atoms with van der Waals surface area (Å²) in [6, 6.07) is 14.3. The minimum atomic E-state index is -2.51. The quantitative estimate of drug-likeness (QED) is 0.0498. The zero-order chi connectivity index (χ0) is 41.4. The summed E-state index contributed by atoms with van der Waals surface area (Å²) >= 11 is -2.51. The van der Waals surface area contributed by atoms with Gasteiger partial charge < -0.3 is 29.2 Å². The predicted octanol–water partition coefficient (Wildman–Crippen LogP) is 13.0. The molecule has 0 aliphatic carbocycles. The fourth-order valence-corrected chi connectivity index (χ4v) is 6.41. The zero-order valence-corrected chi connectivity index (χ0v) is 39.2. The van der Waals surface area contributed by atoms with Gasteiger partial charge in [-0.3, -0.25) is 9.98 Å². The van der Waals surface area contributed by atoms with Gasteiger partial charge in [0.1, 0.15) is 0 Å². The molecule has 0 unspecified atom stereocenters. The number of aliphatic imine (C=N–C) groups is 2. The van der Waals surface area contributed by atoms with Gasteiger partial charge >= 0.3 is 32.3 Å². The van der Waals surface area contributed by atoms with E-state index < -0.39 is 27.8 Å². The maximum atomic E-state index is 10.7. The number of benzene rings is 3. The molecule has 0 heterocycles. The molecule has 0 amide bonds. The summed E-state index contributed by atoms with van der Waals surface area (Å²) in [5.74, 6) is 1.96. The van der Waals surface area contributed by atoms with Crippen LogP contribution in [0.5, 0.6) is 34.5 Å². The van der Waals surface area contributed by atoms with Crippen LogP contribution in [0.1, 0.15) is 153 Å². The number of para-hydroxylation sites is 2. The molecule has 0 saturated carbocycles. The van der Waals surface area contributed by atoms with Crippen molar-refractivity contribution in [2.45, 2.75) is 142 Å². The summed E-state index contributed by atoms with van der Waals surface area (Å²) in [5, 5.41) is 21.5. The first-order valence-electron chi connectivity index (χ1n) is 21.2. The van der Waals surface area contributed by atoms with Crippen molar-refractivity contribution in [3.8, 4) is 34.5 Å². The van der Waals surface area contributed by atoms with Crippen molar-refractivity contribution in [3.05, 3.63) is 59.7 Å². The normalized spacial score (nSPS) is 11.0. The minimum absolute atomic E-state index is 0.00369. The molecule has 0 atom stereocenters. The van der Waals surface area contributed by atoms with Crippen LogP contribution in [0.15, 0.2) is 58.5 Å². The fraction of sp³-hybridized carbons (Fsp3) is 0.565. The monoisotopic (exact) mass is 1010 g/mol. The number of hydrogen-bond acceptors (Lipinski definition) is 10. The van der Waals surface area contributed by atoms with Crippen molar-refractivity contribution in [2.24, 2.45) is 9.98 Å². The van der Waals surface area contributed by atoms with Gasteiger partial charge in [0, 0.05) is 35.7 Å². The van der Waals surface area contributed by atoms with Gasteiger partial charge in [-0.2, -0.15) is 0 Å². The summed E-state index contributed by atoms with van der Waals surface area (Å²) in [6.45, 7) is 5.67. The van der Waals surface area contributed by atoms with Gasteiger partial charge in [0.05, 0.1) is 38.8 Å². The molecule has 10 nitrogen and oxygen atoms in total. The summed E-state index contributed by atoms with van der Waals surface area (Å²) < 4.78 is 40.6. The molecular formula is C46H68N2O8U. The van der Waals surface area contributed by atoms with E-state index in [1.54, 1.807) is 48.8 Å². The molecule has 0 aromatic heterocycles.